The van der Waals surface area contributed by atoms with Gasteiger partial charge in [-0.2, -0.15) is 0 Å². The van der Waals surface area contributed by atoms with E-state index in [2.05, 4.69) is 22.9 Å². The molecule has 4 heteroatoms. The Labute approximate surface area is 110 Å². The van der Waals surface area contributed by atoms with Gasteiger partial charge >= 0.3 is 5.97 Å². The van der Waals surface area contributed by atoms with Gasteiger partial charge in [0.15, 0.2) is 0 Å². The van der Waals surface area contributed by atoms with Gasteiger partial charge in [0.1, 0.15) is 12.6 Å². The first kappa shape index (κ1) is 14.2. The van der Waals surface area contributed by atoms with Crippen LogP contribution in [0.3, 0.4) is 0 Å². The maximum Gasteiger partial charge on any atom is 0.323 e. The molecule has 2 N–H and O–H groups in total. The summed E-state index contributed by atoms with van der Waals surface area (Å²) in [6, 6.07) is 7.17. The van der Waals surface area contributed by atoms with Crippen molar-refractivity contribution in [3.8, 4) is 0 Å². The molecule has 3 nitrogen and oxygen atoms in total. The number of rotatable bonds is 6. The van der Waals surface area contributed by atoms with Crippen LogP contribution >= 0.6 is 15.9 Å². The summed E-state index contributed by atoms with van der Waals surface area (Å²) in [5.74, 6) is -0.321. The van der Waals surface area contributed by atoms with Gasteiger partial charge in [-0.1, -0.05) is 47.8 Å². The zero-order chi connectivity index (χ0) is 12.7. The average Bonchev–Trinajstić information content (AvgIpc) is 2.33. The largest absolute Gasteiger partial charge is 0.460 e. The Bertz CT molecular complexity index is 368. The molecular weight excluding hydrogens is 282 g/mol. The Kier molecular flexibility index (Phi) is 6.22. The third-order valence-corrected chi connectivity index (χ3v) is 2.93. The number of carbonyl (C=O) groups excluding carboxylic acids is 1. The Morgan fingerprint density at radius 2 is 2.29 bits per heavy atom. The zero-order valence-electron chi connectivity index (χ0n) is 9.99. The molecule has 0 spiro atoms. The third kappa shape index (κ3) is 5.33. The minimum Gasteiger partial charge on any atom is -0.460 e. The molecule has 0 saturated heterocycles. The van der Waals surface area contributed by atoms with Crippen LogP contribution in [0.4, 0.5) is 0 Å². The Morgan fingerprint density at radius 3 is 2.94 bits per heavy atom. The van der Waals surface area contributed by atoms with Gasteiger partial charge in [-0.3, -0.25) is 4.79 Å². The standard InChI is InChI=1S/C13H18BrNO2/c1-2-3-7-12(15)13(16)17-9-10-5-4-6-11(14)8-10/h4-6,8,12H,2-3,7,9,15H2,1H3. The van der Waals surface area contributed by atoms with E-state index in [0.717, 1.165) is 22.9 Å². The topological polar surface area (TPSA) is 52.3 Å². The van der Waals surface area contributed by atoms with Crippen LogP contribution in [0.1, 0.15) is 31.7 Å². The molecule has 1 aromatic rings. The number of hydrogen-bond donors (Lipinski definition) is 1. The lowest BCUT2D eigenvalue weighted by Gasteiger charge is -2.11. The molecule has 0 aliphatic rings. The molecule has 0 aromatic heterocycles. The lowest BCUT2D eigenvalue weighted by Crippen LogP contribution is -2.32. The van der Waals surface area contributed by atoms with Crippen molar-refractivity contribution >= 4 is 21.9 Å². The molecule has 0 fully saturated rings. The van der Waals surface area contributed by atoms with Gasteiger partial charge < -0.3 is 10.5 Å². The maximum atomic E-state index is 11.5. The smallest absolute Gasteiger partial charge is 0.323 e. The van der Waals surface area contributed by atoms with E-state index >= 15 is 0 Å². The number of hydrogen-bond acceptors (Lipinski definition) is 3. The fourth-order valence-electron chi connectivity index (χ4n) is 1.43. The molecule has 0 heterocycles. The summed E-state index contributed by atoms with van der Waals surface area (Å²) < 4.78 is 6.13. The van der Waals surface area contributed by atoms with Crippen LogP contribution in [0.5, 0.6) is 0 Å². The third-order valence-electron chi connectivity index (χ3n) is 2.44. The van der Waals surface area contributed by atoms with E-state index in [4.69, 9.17) is 10.5 Å². The number of benzene rings is 1. The molecule has 17 heavy (non-hydrogen) atoms. The number of carbonyl (C=O) groups is 1. The van der Waals surface area contributed by atoms with Gasteiger partial charge in [0.05, 0.1) is 0 Å². The van der Waals surface area contributed by atoms with Crippen LogP contribution in [0.2, 0.25) is 0 Å². The summed E-state index contributed by atoms with van der Waals surface area (Å²) in [7, 11) is 0. The number of ether oxygens (including phenoxy) is 1. The molecule has 0 bridgehead atoms. The predicted octanol–water partition coefficient (Wildman–Crippen LogP) is 3.01. The van der Waals surface area contributed by atoms with Crippen molar-refractivity contribution in [3.05, 3.63) is 34.3 Å². The van der Waals surface area contributed by atoms with Gasteiger partial charge in [0.2, 0.25) is 0 Å². The minimum absolute atomic E-state index is 0.276. The molecule has 1 unspecified atom stereocenters. The molecule has 0 aliphatic heterocycles. The van der Waals surface area contributed by atoms with E-state index in [1.54, 1.807) is 0 Å². The van der Waals surface area contributed by atoms with E-state index in [0.29, 0.717) is 6.42 Å². The Hall–Kier alpha value is -0.870. The first-order valence-corrected chi connectivity index (χ1v) is 6.59. The van der Waals surface area contributed by atoms with Crippen LogP contribution in [-0.2, 0) is 16.1 Å². The van der Waals surface area contributed by atoms with Crippen molar-refractivity contribution < 1.29 is 9.53 Å². The quantitative estimate of drug-likeness (QED) is 0.822. The fourth-order valence-corrected chi connectivity index (χ4v) is 1.88. The molecule has 0 radical (unpaired) electrons. The number of halogens is 1. The van der Waals surface area contributed by atoms with E-state index < -0.39 is 6.04 Å². The van der Waals surface area contributed by atoms with Crippen molar-refractivity contribution in [1.29, 1.82) is 0 Å². The van der Waals surface area contributed by atoms with Gasteiger partial charge in [-0.15, -0.1) is 0 Å². The second kappa shape index (κ2) is 7.45. The molecule has 94 valence electrons. The summed E-state index contributed by atoms with van der Waals surface area (Å²) >= 11 is 3.37. The Balaban J connectivity index is 2.37. The van der Waals surface area contributed by atoms with Crippen molar-refractivity contribution in [1.82, 2.24) is 0 Å². The second-order valence-electron chi connectivity index (χ2n) is 3.99. The lowest BCUT2D eigenvalue weighted by atomic mass is 10.1. The van der Waals surface area contributed by atoms with Gasteiger partial charge in [-0.05, 0) is 24.1 Å². The van der Waals surface area contributed by atoms with E-state index in [1.807, 2.05) is 24.3 Å². The first-order valence-electron chi connectivity index (χ1n) is 5.80. The number of nitrogens with two attached hydrogens (primary N) is 1. The van der Waals surface area contributed by atoms with Crippen molar-refractivity contribution in [2.24, 2.45) is 5.73 Å². The molecule has 0 aliphatic carbocycles. The normalized spacial score (nSPS) is 12.2. The highest BCUT2D eigenvalue weighted by Gasteiger charge is 2.14. The summed E-state index contributed by atoms with van der Waals surface area (Å²) in [5, 5.41) is 0. The summed E-state index contributed by atoms with van der Waals surface area (Å²) in [4.78, 5) is 11.5. The van der Waals surface area contributed by atoms with Gasteiger partial charge in [0, 0.05) is 4.47 Å². The van der Waals surface area contributed by atoms with Crippen LogP contribution in [0, 0.1) is 0 Å². The summed E-state index contributed by atoms with van der Waals surface area (Å²) in [6.07, 6.45) is 2.67. The van der Waals surface area contributed by atoms with Crippen molar-refractivity contribution in [2.75, 3.05) is 0 Å². The van der Waals surface area contributed by atoms with Crippen LogP contribution < -0.4 is 5.73 Å². The number of unbranched alkanes of at least 4 members (excludes halogenated alkanes) is 1. The lowest BCUT2D eigenvalue weighted by molar-refractivity contribution is -0.146. The van der Waals surface area contributed by atoms with Gasteiger partial charge in [-0.25, -0.2) is 0 Å². The highest BCUT2D eigenvalue weighted by Crippen LogP contribution is 2.12. The highest BCUT2D eigenvalue weighted by molar-refractivity contribution is 9.10. The van der Waals surface area contributed by atoms with Crippen molar-refractivity contribution in [3.63, 3.8) is 0 Å². The van der Waals surface area contributed by atoms with Crippen LogP contribution in [-0.4, -0.2) is 12.0 Å². The number of esters is 1. The minimum atomic E-state index is -0.498. The molecular formula is C13H18BrNO2. The molecule has 1 atom stereocenters. The molecule has 1 aromatic carbocycles. The fraction of sp³-hybridized carbons (Fsp3) is 0.462. The van der Waals surface area contributed by atoms with Crippen molar-refractivity contribution in [2.45, 2.75) is 38.8 Å². The van der Waals surface area contributed by atoms with Gasteiger partial charge in [0.25, 0.3) is 0 Å². The molecule has 0 amide bonds. The van der Waals surface area contributed by atoms with E-state index in [-0.39, 0.29) is 12.6 Å². The Morgan fingerprint density at radius 1 is 1.53 bits per heavy atom. The zero-order valence-corrected chi connectivity index (χ0v) is 11.6. The second-order valence-corrected chi connectivity index (χ2v) is 4.90. The summed E-state index contributed by atoms with van der Waals surface area (Å²) in [6.45, 7) is 2.34. The average molecular weight is 300 g/mol. The predicted molar refractivity (Wildman–Crippen MR) is 71.4 cm³/mol. The van der Waals surface area contributed by atoms with Crippen LogP contribution in [0.25, 0.3) is 0 Å². The highest BCUT2D eigenvalue weighted by atomic mass is 79.9. The molecule has 0 saturated carbocycles. The SMILES string of the molecule is CCCCC(N)C(=O)OCc1cccc(Br)c1. The maximum absolute atomic E-state index is 11.5. The first-order chi connectivity index (χ1) is 8.13. The van der Waals surface area contributed by atoms with E-state index in [1.165, 1.54) is 0 Å². The molecule has 1 rings (SSSR count). The monoisotopic (exact) mass is 299 g/mol. The van der Waals surface area contributed by atoms with E-state index in [9.17, 15) is 4.79 Å². The summed E-state index contributed by atoms with van der Waals surface area (Å²) in [5.41, 5.74) is 6.67. The van der Waals surface area contributed by atoms with Crippen LogP contribution in [0.15, 0.2) is 28.7 Å².